The predicted octanol–water partition coefficient (Wildman–Crippen LogP) is 3.22. The highest BCUT2D eigenvalue weighted by molar-refractivity contribution is 5.82. The Morgan fingerprint density at radius 1 is 0.382 bits per heavy atom. The zero-order chi connectivity index (χ0) is 40.9. The van der Waals surface area contributed by atoms with Crippen LogP contribution >= 0.6 is 0 Å². The lowest BCUT2D eigenvalue weighted by molar-refractivity contribution is -0.140. The van der Waals surface area contributed by atoms with Gasteiger partial charge in [0.2, 0.25) is 0 Å². The van der Waals surface area contributed by atoms with Crippen LogP contribution in [0.3, 0.4) is 0 Å². The van der Waals surface area contributed by atoms with Crippen molar-refractivity contribution >= 4 is 23.9 Å². The van der Waals surface area contributed by atoms with Gasteiger partial charge in [0.05, 0.1) is 105 Å². The number of carbonyl (C=O) groups excluding carboxylic acids is 4. The van der Waals surface area contributed by atoms with Gasteiger partial charge in [-0.05, 0) is 18.3 Å². The second kappa shape index (κ2) is 35.0. The molecule has 0 aliphatic carbocycles. The molecular weight excluding hydrogens is 724 g/mol. The van der Waals surface area contributed by atoms with E-state index < -0.39 is 29.3 Å². The van der Waals surface area contributed by atoms with Gasteiger partial charge >= 0.3 is 23.9 Å². The molecule has 0 aromatic carbocycles. The van der Waals surface area contributed by atoms with E-state index >= 15 is 0 Å². The van der Waals surface area contributed by atoms with Crippen LogP contribution in [0.15, 0.2) is 50.6 Å². The summed E-state index contributed by atoms with van der Waals surface area (Å²) < 4.78 is 66.3. The maximum absolute atomic E-state index is 11.2. The van der Waals surface area contributed by atoms with Gasteiger partial charge in [-0.3, -0.25) is 0 Å². The SMILES string of the molecule is C=CC(=O)OCCOCCCCC(C)(C)COCC(COCCOCCOC(=O)C=C)(COCCOCCOC(=O)C=C)COCCOCCOC(=O)C=C. The first-order valence-corrected chi connectivity index (χ1v) is 18.3. The minimum absolute atomic E-state index is 0.0951. The molecule has 0 radical (unpaired) electrons. The van der Waals surface area contributed by atoms with E-state index in [0.29, 0.717) is 19.8 Å². The third-order valence-electron chi connectivity index (χ3n) is 7.19. The number of hydrogen-bond acceptors (Lipinski definition) is 16. The minimum Gasteiger partial charge on any atom is -0.460 e. The van der Waals surface area contributed by atoms with Crippen molar-refractivity contribution in [2.24, 2.45) is 10.8 Å². The largest absolute Gasteiger partial charge is 0.460 e. The Balaban J connectivity index is 5.26. The lowest BCUT2D eigenvalue weighted by atomic mass is 9.87. The molecule has 0 bridgehead atoms. The van der Waals surface area contributed by atoms with Crippen molar-refractivity contribution in [2.75, 3.05) is 132 Å². The normalized spacial score (nSPS) is 11.4. The van der Waals surface area contributed by atoms with E-state index in [9.17, 15) is 19.2 Å². The first-order valence-electron chi connectivity index (χ1n) is 18.3. The van der Waals surface area contributed by atoms with Crippen LogP contribution in [0, 0.1) is 10.8 Å². The van der Waals surface area contributed by atoms with E-state index in [1.54, 1.807) is 0 Å². The molecule has 316 valence electrons. The van der Waals surface area contributed by atoms with E-state index in [0.717, 1.165) is 43.6 Å². The molecule has 0 saturated heterocycles. The highest BCUT2D eigenvalue weighted by Crippen LogP contribution is 2.27. The zero-order valence-corrected chi connectivity index (χ0v) is 32.9. The summed E-state index contributed by atoms with van der Waals surface area (Å²) >= 11 is 0. The fraction of sp³-hybridized carbons (Fsp3) is 0.692. The molecule has 0 fully saturated rings. The number of hydrogen-bond donors (Lipinski definition) is 0. The van der Waals surface area contributed by atoms with Crippen LogP contribution in [-0.4, -0.2) is 156 Å². The molecule has 0 N–H and O–H groups in total. The number of ether oxygens (including phenoxy) is 12. The average molecular weight is 789 g/mol. The van der Waals surface area contributed by atoms with E-state index in [4.69, 9.17) is 56.8 Å². The number of rotatable bonds is 40. The Morgan fingerprint density at radius 3 is 1.02 bits per heavy atom. The molecular formula is C39H64O16. The monoisotopic (exact) mass is 788 g/mol. The molecule has 0 amide bonds. The van der Waals surface area contributed by atoms with Crippen molar-refractivity contribution in [2.45, 2.75) is 33.1 Å². The molecule has 16 heteroatoms. The van der Waals surface area contributed by atoms with E-state index in [1.807, 2.05) is 0 Å². The highest BCUT2D eigenvalue weighted by atomic mass is 16.6. The molecule has 55 heavy (non-hydrogen) atoms. The minimum atomic E-state index is -0.739. The van der Waals surface area contributed by atoms with Crippen molar-refractivity contribution in [1.82, 2.24) is 0 Å². The smallest absolute Gasteiger partial charge is 0.330 e. The van der Waals surface area contributed by atoms with Gasteiger partial charge in [0, 0.05) is 30.9 Å². The third-order valence-corrected chi connectivity index (χ3v) is 7.19. The summed E-state index contributed by atoms with van der Waals surface area (Å²) in [4.78, 5) is 44.8. The van der Waals surface area contributed by atoms with Crippen LogP contribution in [0.4, 0.5) is 0 Å². The van der Waals surface area contributed by atoms with Crippen LogP contribution in [0.2, 0.25) is 0 Å². The Hall–Kier alpha value is -3.48. The van der Waals surface area contributed by atoms with Gasteiger partial charge in [0.25, 0.3) is 0 Å². The Kier molecular flexibility index (Phi) is 32.8. The summed E-state index contributed by atoms with van der Waals surface area (Å²) in [5.74, 6) is -2.04. The topological polar surface area (TPSA) is 179 Å². The van der Waals surface area contributed by atoms with Crippen LogP contribution in [0.5, 0.6) is 0 Å². The van der Waals surface area contributed by atoms with E-state index in [2.05, 4.69) is 40.2 Å². The van der Waals surface area contributed by atoms with Crippen molar-refractivity contribution in [3.8, 4) is 0 Å². The molecule has 0 heterocycles. The quantitative estimate of drug-likeness (QED) is 0.0382. The van der Waals surface area contributed by atoms with Crippen molar-refractivity contribution < 1.29 is 76.0 Å². The Morgan fingerprint density at radius 2 is 0.673 bits per heavy atom. The lowest BCUT2D eigenvalue weighted by Gasteiger charge is -2.34. The summed E-state index contributed by atoms with van der Waals surface area (Å²) in [5, 5.41) is 0. The summed E-state index contributed by atoms with van der Waals surface area (Å²) in [6.07, 6.45) is 7.01. The first kappa shape index (κ1) is 51.5. The maximum atomic E-state index is 11.2. The fourth-order valence-electron chi connectivity index (χ4n) is 4.34. The van der Waals surface area contributed by atoms with Crippen LogP contribution in [-0.2, 0) is 76.0 Å². The molecule has 0 atom stereocenters. The molecule has 0 rings (SSSR count). The van der Waals surface area contributed by atoms with E-state index in [-0.39, 0.29) is 118 Å². The lowest BCUT2D eigenvalue weighted by Crippen LogP contribution is -2.43. The van der Waals surface area contributed by atoms with Gasteiger partial charge in [-0.15, -0.1) is 0 Å². The second-order valence-electron chi connectivity index (χ2n) is 12.7. The Labute approximate surface area is 326 Å². The van der Waals surface area contributed by atoms with Crippen molar-refractivity contribution in [3.63, 3.8) is 0 Å². The standard InChI is InChI=1S/C39H64O16/c1-7-34(40)52-25-21-44-14-12-11-13-38(5,6)29-51-33-39(30-48-18-15-45-22-26-53-35(41)8-2,31-49-19-16-46-23-27-54-36(42)9-3)32-50-20-17-47-24-28-55-37(43)10-4/h7-10H,1-4,11-33H2,5-6H3. The zero-order valence-electron chi connectivity index (χ0n) is 32.9. The van der Waals surface area contributed by atoms with E-state index in [1.165, 1.54) is 0 Å². The number of unbranched alkanes of at least 4 members (excludes halogenated alkanes) is 1. The Bertz CT molecular complexity index is 988. The summed E-state index contributed by atoms with van der Waals surface area (Å²) in [7, 11) is 0. The number of esters is 4. The first-order chi connectivity index (χ1) is 26.5. The summed E-state index contributed by atoms with van der Waals surface area (Å²) in [6, 6.07) is 0. The van der Waals surface area contributed by atoms with Crippen molar-refractivity contribution in [1.29, 1.82) is 0 Å². The molecule has 0 spiro atoms. The van der Waals surface area contributed by atoms with Crippen molar-refractivity contribution in [3.05, 3.63) is 50.6 Å². The van der Waals surface area contributed by atoms with Crippen LogP contribution in [0.25, 0.3) is 0 Å². The highest BCUT2D eigenvalue weighted by Gasteiger charge is 2.33. The van der Waals surface area contributed by atoms with Gasteiger partial charge in [0.15, 0.2) is 0 Å². The van der Waals surface area contributed by atoms with Gasteiger partial charge < -0.3 is 56.8 Å². The van der Waals surface area contributed by atoms with Crippen LogP contribution in [0.1, 0.15) is 33.1 Å². The average Bonchev–Trinajstić information content (AvgIpc) is 3.18. The fourth-order valence-corrected chi connectivity index (χ4v) is 4.34. The van der Waals surface area contributed by atoms with Gasteiger partial charge in [-0.25, -0.2) is 19.2 Å². The predicted molar refractivity (Wildman–Crippen MR) is 201 cm³/mol. The molecule has 0 saturated carbocycles. The molecule has 0 unspecified atom stereocenters. The molecule has 0 aliphatic rings. The summed E-state index contributed by atoms with van der Waals surface area (Å²) in [6.45, 7) is 22.5. The molecule has 0 aromatic rings. The maximum Gasteiger partial charge on any atom is 0.330 e. The molecule has 0 aromatic heterocycles. The third kappa shape index (κ3) is 32.5. The van der Waals surface area contributed by atoms with Gasteiger partial charge in [-0.1, -0.05) is 46.6 Å². The molecule has 0 aliphatic heterocycles. The van der Waals surface area contributed by atoms with Crippen LogP contribution < -0.4 is 0 Å². The number of carbonyl (C=O) groups is 4. The molecule has 16 nitrogen and oxygen atoms in total. The van der Waals surface area contributed by atoms with Gasteiger partial charge in [0.1, 0.15) is 26.4 Å². The second-order valence-corrected chi connectivity index (χ2v) is 12.7. The van der Waals surface area contributed by atoms with Gasteiger partial charge in [-0.2, -0.15) is 0 Å². The summed E-state index contributed by atoms with van der Waals surface area (Å²) in [5.41, 5.74) is -0.889.